The molecule has 0 atom stereocenters. The van der Waals surface area contributed by atoms with Gasteiger partial charge in [0.25, 0.3) is 0 Å². The summed E-state index contributed by atoms with van der Waals surface area (Å²) in [6, 6.07) is 5.06. The van der Waals surface area contributed by atoms with Crippen molar-refractivity contribution in [3.05, 3.63) is 27.1 Å². The maximum absolute atomic E-state index is 12.3. The third-order valence-electron chi connectivity index (χ3n) is 3.97. The van der Waals surface area contributed by atoms with E-state index in [1.807, 2.05) is 0 Å². The average molecular weight is 469 g/mol. The number of hydrogen-bond donors (Lipinski definition) is 1. The average Bonchev–Trinajstić information content (AvgIpc) is 2.48. The maximum Gasteiger partial charge on any atom is 0.241 e. The first-order valence-electron chi connectivity index (χ1n) is 7.74. The predicted molar refractivity (Wildman–Crippen MR) is 100 cm³/mol. The van der Waals surface area contributed by atoms with E-state index in [4.69, 9.17) is 0 Å². The zero-order valence-electron chi connectivity index (χ0n) is 13.3. The fraction of sp³-hybridized carbons (Fsp3) is 0.600. The Bertz CT molecular complexity index is 617. The summed E-state index contributed by atoms with van der Waals surface area (Å²) in [5.41, 5.74) is 0. The van der Waals surface area contributed by atoms with Crippen molar-refractivity contribution in [2.24, 2.45) is 0 Å². The van der Waals surface area contributed by atoms with Crippen LogP contribution in [0, 0.1) is 0 Å². The molecule has 1 aromatic rings. The quantitative estimate of drug-likeness (QED) is 0.624. The molecule has 1 fully saturated rings. The molecule has 0 aliphatic carbocycles. The summed E-state index contributed by atoms with van der Waals surface area (Å²) < 4.78 is 28.7. The monoisotopic (exact) mass is 467 g/mol. The molecule has 1 aliphatic rings. The number of halogens is 2. The molecule has 1 saturated heterocycles. The highest BCUT2D eigenvalue weighted by atomic mass is 79.9. The highest BCUT2D eigenvalue weighted by molar-refractivity contribution is 9.11. The van der Waals surface area contributed by atoms with Crippen LogP contribution in [0.5, 0.6) is 0 Å². The topological polar surface area (TPSA) is 52.6 Å². The number of benzene rings is 1. The van der Waals surface area contributed by atoms with Crippen molar-refractivity contribution >= 4 is 41.9 Å². The van der Waals surface area contributed by atoms with Gasteiger partial charge in [0.1, 0.15) is 0 Å². The van der Waals surface area contributed by atoms with Gasteiger partial charge in [-0.3, -0.25) is 0 Å². The molecule has 0 aromatic heterocycles. The third-order valence-corrected chi connectivity index (χ3v) is 6.90. The first kappa shape index (κ1) is 19.3. The first-order chi connectivity index (χ1) is 10.9. The number of nitrogens with zero attached hydrogens (tertiary/aromatic N) is 2. The minimum absolute atomic E-state index is 0.278. The fourth-order valence-corrected chi connectivity index (χ4v) is 5.33. The van der Waals surface area contributed by atoms with E-state index in [2.05, 4.69) is 53.4 Å². The van der Waals surface area contributed by atoms with Crippen LogP contribution in [0.15, 0.2) is 32.0 Å². The summed E-state index contributed by atoms with van der Waals surface area (Å²) in [7, 11) is -1.31. The molecule has 0 amide bonds. The second kappa shape index (κ2) is 8.92. The van der Waals surface area contributed by atoms with Gasteiger partial charge in [0.15, 0.2) is 0 Å². The number of rotatable bonds is 7. The molecule has 1 N–H and O–H groups in total. The van der Waals surface area contributed by atoms with Gasteiger partial charge in [-0.2, -0.15) is 0 Å². The summed E-state index contributed by atoms with van der Waals surface area (Å²) in [5.74, 6) is 0. The Labute approximate surface area is 155 Å². The van der Waals surface area contributed by atoms with E-state index in [1.54, 1.807) is 18.2 Å². The highest BCUT2D eigenvalue weighted by Crippen LogP contribution is 2.25. The molecule has 8 heteroatoms. The highest BCUT2D eigenvalue weighted by Gasteiger charge is 2.17. The standard InChI is InChI=1S/C15H23Br2N3O2S/c1-19-8-10-20(11-9-19)7-3-2-6-18-23(21,22)15-5-4-13(16)12-14(15)17/h4-5,12,18H,2-3,6-11H2,1H3. The largest absolute Gasteiger partial charge is 0.304 e. The summed E-state index contributed by atoms with van der Waals surface area (Å²) in [6.07, 6.45) is 1.85. The molecule has 2 rings (SSSR count). The number of sulfonamides is 1. The lowest BCUT2D eigenvalue weighted by Gasteiger charge is -2.32. The summed E-state index contributed by atoms with van der Waals surface area (Å²) in [6.45, 7) is 5.95. The normalized spacial score (nSPS) is 17.5. The van der Waals surface area contributed by atoms with Crippen LogP contribution < -0.4 is 4.72 Å². The predicted octanol–water partition coefficient (Wildman–Crippen LogP) is 2.52. The minimum atomic E-state index is -3.46. The Hall–Kier alpha value is 0.01000. The molecule has 23 heavy (non-hydrogen) atoms. The van der Waals surface area contributed by atoms with E-state index in [0.29, 0.717) is 11.0 Å². The van der Waals surface area contributed by atoms with Gasteiger partial charge >= 0.3 is 0 Å². The Morgan fingerprint density at radius 3 is 2.48 bits per heavy atom. The van der Waals surface area contributed by atoms with E-state index < -0.39 is 10.0 Å². The van der Waals surface area contributed by atoms with Crippen LogP contribution in [0.4, 0.5) is 0 Å². The van der Waals surface area contributed by atoms with Crippen LogP contribution in [-0.2, 0) is 10.0 Å². The van der Waals surface area contributed by atoms with Crippen LogP contribution in [0.1, 0.15) is 12.8 Å². The Morgan fingerprint density at radius 1 is 1.13 bits per heavy atom. The Morgan fingerprint density at radius 2 is 1.83 bits per heavy atom. The van der Waals surface area contributed by atoms with E-state index in [-0.39, 0.29) is 4.90 Å². The number of unbranched alkanes of at least 4 members (excludes halogenated alkanes) is 1. The second-order valence-corrected chi connectivity index (χ2v) is 9.33. The first-order valence-corrected chi connectivity index (χ1v) is 10.8. The van der Waals surface area contributed by atoms with Gasteiger partial charge in [-0.15, -0.1) is 0 Å². The van der Waals surface area contributed by atoms with Gasteiger partial charge in [0.05, 0.1) is 4.90 Å². The molecule has 0 spiro atoms. The zero-order chi connectivity index (χ0) is 16.9. The number of nitrogens with one attached hydrogen (secondary N) is 1. The van der Waals surface area contributed by atoms with Crippen LogP contribution in [0.2, 0.25) is 0 Å². The van der Waals surface area contributed by atoms with Crippen molar-refractivity contribution in [3.8, 4) is 0 Å². The molecular formula is C15H23Br2N3O2S. The molecule has 0 saturated carbocycles. The molecule has 0 radical (unpaired) electrons. The van der Waals surface area contributed by atoms with E-state index in [1.165, 1.54) is 0 Å². The van der Waals surface area contributed by atoms with Crippen molar-refractivity contribution in [1.29, 1.82) is 0 Å². The molecule has 1 heterocycles. The van der Waals surface area contributed by atoms with Crippen LogP contribution in [0.3, 0.4) is 0 Å². The van der Waals surface area contributed by atoms with Crippen molar-refractivity contribution in [2.75, 3.05) is 46.3 Å². The smallest absolute Gasteiger partial charge is 0.241 e. The third kappa shape index (κ3) is 6.10. The Kier molecular flexibility index (Phi) is 7.50. The lowest BCUT2D eigenvalue weighted by Crippen LogP contribution is -2.44. The molecule has 0 unspecified atom stereocenters. The van der Waals surface area contributed by atoms with Gasteiger partial charge in [-0.25, -0.2) is 13.1 Å². The summed E-state index contributed by atoms with van der Waals surface area (Å²) in [4.78, 5) is 5.06. The van der Waals surface area contributed by atoms with Gasteiger partial charge in [-0.1, -0.05) is 15.9 Å². The summed E-state index contributed by atoms with van der Waals surface area (Å²) in [5, 5.41) is 0. The van der Waals surface area contributed by atoms with Crippen molar-refractivity contribution in [3.63, 3.8) is 0 Å². The molecule has 1 aliphatic heterocycles. The van der Waals surface area contributed by atoms with Crippen LogP contribution in [-0.4, -0.2) is 64.5 Å². The van der Waals surface area contributed by atoms with Gasteiger partial charge in [0.2, 0.25) is 10.0 Å². The number of likely N-dealkylation sites (N-methyl/N-ethyl adjacent to an activating group) is 1. The van der Waals surface area contributed by atoms with Gasteiger partial charge < -0.3 is 9.80 Å². The van der Waals surface area contributed by atoms with Gasteiger partial charge in [-0.05, 0) is 60.6 Å². The summed E-state index contributed by atoms with van der Waals surface area (Å²) >= 11 is 6.63. The molecule has 130 valence electrons. The second-order valence-electron chi connectivity index (χ2n) is 5.82. The molecule has 1 aromatic carbocycles. The number of hydrogen-bond acceptors (Lipinski definition) is 4. The van der Waals surface area contributed by atoms with Gasteiger partial charge in [0, 0.05) is 41.7 Å². The minimum Gasteiger partial charge on any atom is -0.304 e. The van der Waals surface area contributed by atoms with Crippen LogP contribution >= 0.6 is 31.9 Å². The SMILES string of the molecule is CN1CCN(CCCCNS(=O)(=O)c2ccc(Br)cc2Br)CC1. The van der Waals surface area contributed by atoms with E-state index in [9.17, 15) is 8.42 Å². The maximum atomic E-state index is 12.3. The fourth-order valence-electron chi connectivity index (χ4n) is 2.51. The van der Waals surface area contributed by atoms with E-state index >= 15 is 0 Å². The van der Waals surface area contributed by atoms with E-state index in [0.717, 1.165) is 50.0 Å². The molecule has 0 bridgehead atoms. The Balaban J connectivity index is 1.73. The van der Waals surface area contributed by atoms with Crippen LogP contribution in [0.25, 0.3) is 0 Å². The zero-order valence-corrected chi connectivity index (χ0v) is 17.3. The lowest BCUT2D eigenvalue weighted by molar-refractivity contribution is 0.152. The molecular weight excluding hydrogens is 446 g/mol. The number of piperazine rings is 1. The lowest BCUT2D eigenvalue weighted by atomic mass is 10.2. The van der Waals surface area contributed by atoms with Crippen molar-refractivity contribution in [2.45, 2.75) is 17.7 Å². The molecule has 5 nitrogen and oxygen atoms in total. The van der Waals surface area contributed by atoms with Crippen molar-refractivity contribution in [1.82, 2.24) is 14.5 Å². The van der Waals surface area contributed by atoms with Crippen molar-refractivity contribution < 1.29 is 8.42 Å².